The van der Waals surface area contributed by atoms with Gasteiger partial charge < -0.3 is 19.6 Å². The number of aromatic nitrogens is 1. The Morgan fingerprint density at radius 3 is 2.78 bits per heavy atom. The average molecular weight is 395 g/mol. The van der Waals surface area contributed by atoms with Crippen molar-refractivity contribution in [3.8, 4) is 0 Å². The van der Waals surface area contributed by atoms with Crippen molar-refractivity contribution in [2.45, 2.75) is 58.1 Å². The van der Waals surface area contributed by atoms with Crippen LogP contribution >= 0.6 is 11.3 Å². The summed E-state index contributed by atoms with van der Waals surface area (Å²) in [7, 11) is 1.32. The van der Waals surface area contributed by atoms with Gasteiger partial charge in [0.1, 0.15) is 5.71 Å². The van der Waals surface area contributed by atoms with Crippen molar-refractivity contribution in [2.75, 3.05) is 13.7 Å². The fourth-order valence-corrected chi connectivity index (χ4v) is 4.61. The predicted molar refractivity (Wildman–Crippen MR) is 100 cm³/mol. The molecular formula is C18H25N3O5S. The summed E-state index contributed by atoms with van der Waals surface area (Å²) < 4.78 is 4.68. The lowest BCUT2D eigenvalue weighted by atomic mass is 9.77. The minimum atomic E-state index is -0.862. The van der Waals surface area contributed by atoms with Crippen molar-refractivity contribution in [1.82, 2.24) is 9.88 Å². The number of oxime groups is 1. The molecule has 0 aliphatic carbocycles. The molecule has 0 aromatic carbocycles. The molecule has 3 atom stereocenters. The number of rotatable bonds is 3. The maximum atomic E-state index is 11.6. The first-order valence-electron chi connectivity index (χ1n) is 8.96. The molecule has 2 aliphatic rings. The number of piperidine rings is 1. The number of carbonyl (C=O) groups excluding carboxylic acids is 1. The molecule has 148 valence electrons. The monoisotopic (exact) mass is 395 g/mol. The van der Waals surface area contributed by atoms with Crippen LogP contribution in [0.25, 0.3) is 0 Å². The first-order valence-corrected chi connectivity index (χ1v) is 9.84. The minimum Gasteiger partial charge on any atom is -0.466 e. The smallest absolute Gasteiger partial charge is 0.407 e. The molecule has 9 heteroatoms. The molecule has 0 spiro atoms. The van der Waals surface area contributed by atoms with Gasteiger partial charge in [-0.15, -0.1) is 11.3 Å². The molecule has 8 nitrogen and oxygen atoms in total. The van der Waals surface area contributed by atoms with Gasteiger partial charge in [0, 0.05) is 30.3 Å². The topological polar surface area (TPSA) is 101 Å². The molecule has 1 aromatic heterocycles. The first kappa shape index (κ1) is 19.6. The molecule has 0 saturated carbocycles. The molecule has 1 aromatic rings. The molecule has 1 amide bonds. The minimum absolute atomic E-state index is 0.0584. The Kier molecular flexibility index (Phi) is 5.41. The summed E-state index contributed by atoms with van der Waals surface area (Å²) >= 11 is 1.55. The van der Waals surface area contributed by atoms with E-state index in [4.69, 9.17) is 9.82 Å². The Bertz CT molecular complexity index is 754. The lowest BCUT2D eigenvalue weighted by Gasteiger charge is -2.44. The number of methoxy groups -OCH3 is 1. The van der Waals surface area contributed by atoms with Crippen molar-refractivity contribution >= 4 is 29.1 Å². The zero-order valence-electron chi connectivity index (χ0n) is 16.0. The number of hydrogen-bond donors (Lipinski definition) is 1. The Balaban J connectivity index is 1.72. The number of hydrogen-bond acceptors (Lipinski definition) is 7. The number of carbonyl (C=O) groups is 2. The van der Waals surface area contributed by atoms with Crippen LogP contribution in [-0.2, 0) is 14.4 Å². The van der Waals surface area contributed by atoms with Crippen LogP contribution in [0.5, 0.6) is 0 Å². The van der Waals surface area contributed by atoms with Crippen LogP contribution < -0.4 is 0 Å². The quantitative estimate of drug-likeness (QED) is 0.789. The van der Waals surface area contributed by atoms with Crippen LogP contribution in [0.2, 0.25) is 0 Å². The number of nitrogens with zero attached hydrogens (tertiary/aromatic N) is 3. The van der Waals surface area contributed by atoms with E-state index in [0.717, 1.165) is 23.5 Å². The molecule has 1 saturated heterocycles. The van der Waals surface area contributed by atoms with E-state index in [9.17, 15) is 14.7 Å². The van der Waals surface area contributed by atoms with Crippen LogP contribution in [-0.4, -0.2) is 58.6 Å². The van der Waals surface area contributed by atoms with Gasteiger partial charge in [0.15, 0.2) is 0 Å². The second-order valence-electron chi connectivity index (χ2n) is 8.01. The summed E-state index contributed by atoms with van der Waals surface area (Å²) in [6.07, 6.45) is 0.271. The van der Waals surface area contributed by atoms with Gasteiger partial charge in [0.05, 0.1) is 17.8 Å². The third kappa shape index (κ3) is 4.07. The number of esters is 1. The predicted octanol–water partition coefficient (Wildman–Crippen LogP) is 3.08. The lowest BCUT2D eigenvalue weighted by Crippen LogP contribution is -2.51. The van der Waals surface area contributed by atoms with Gasteiger partial charge in [-0.1, -0.05) is 25.9 Å². The average Bonchev–Trinajstić information content (AvgIpc) is 3.29. The Labute approximate surface area is 162 Å². The lowest BCUT2D eigenvalue weighted by molar-refractivity contribution is -0.152. The molecular weight excluding hydrogens is 370 g/mol. The van der Waals surface area contributed by atoms with Crippen LogP contribution in [0.3, 0.4) is 0 Å². The molecule has 3 rings (SSSR count). The molecule has 2 aliphatic heterocycles. The second-order valence-corrected chi connectivity index (χ2v) is 8.90. The van der Waals surface area contributed by atoms with Gasteiger partial charge in [-0.05, 0) is 18.3 Å². The summed E-state index contributed by atoms with van der Waals surface area (Å²) in [5, 5.41) is 16.4. The zero-order chi connectivity index (χ0) is 19.8. The van der Waals surface area contributed by atoms with Gasteiger partial charge in [-0.25, -0.2) is 14.6 Å². The van der Waals surface area contributed by atoms with Crippen molar-refractivity contribution < 1.29 is 24.3 Å². The Hall–Kier alpha value is -2.16. The summed E-state index contributed by atoms with van der Waals surface area (Å²) in [6.45, 7) is 6.72. The Morgan fingerprint density at radius 1 is 1.41 bits per heavy atom. The number of carboxylic acid groups (broad SMARTS) is 1. The molecule has 0 radical (unpaired) electrons. The molecule has 0 bridgehead atoms. The van der Waals surface area contributed by atoms with Crippen LogP contribution in [0.15, 0.2) is 10.5 Å². The fourth-order valence-electron chi connectivity index (χ4n) is 3.63. The molecule has 27 heavy (non-hydrogen) atoms. The highest BCUT2D eigenvalue weighted by Gasteiger charge is 2.40. The summed E-state index contributed by atoms with van der Waals surface area (Å²) in [4.78, 5) is 34.6. The number of amides is 1. The van der Waals surface area contributed by atoms with E-state index < -0.39 is 18.2 Å². The van der Waals surface area contributed by atoms with Crippen molar-refractivity contribution in [1.29, 1.82) is 0 Å². The number of likely N-dealkylation sites (tertiary alicyclic amines) is 1. The SMILES string of the molecule is COC(=O)C1CC(c2csc(C3CCN(C(=O)O)C(C(C)(C)C)C3)n2)=NO1. The molecule has 1 fully saturated rings. The highest BCUT2D eigenvalue weighted by Crippen LogP contribution is 2.40. The molecule has 3 unspecified atom stereocenters. The summed E-state index contributed by atoms with van der Waals surface area (Å²) in [5.74, 6) is -0.235. The first-order chi connectivity index (χ1) is 12.7. The van der Waals surface area contributed by atoms with Crippen molar-refractivity contribution in [3.63, 3.8) is 0 Å². The zero-order valence-corrected chi connectivity index (χ0v) is 16.8. The Morgan fingerprint density at radius 2 is 2.15 bits per heavy atom. The second kappa shape index (κ2) is 7.46. The van der Waals surface area contributed by atoms with Gasteiger partial charge in [-0.3, -0.25) is 0 Å². The molecule has 1 N–H and O–H groups in total. The van der Waals surface area contributed by atoms with Crippen LogP contribution in [0.4, 0.5) is 4.79 Å². The third-order valence-corrected chi connectivity index (χ3v) is 6.15. The van der Waals surface area contributed by atoms with Crippen LogP contribution in [0, 0.1) is 5.41 Å². The highest BCUT2D eigenvalue weighted by molar-refractivity contribution is 7.10. The van der Waals surface area contributed by atoms with E-state index in [2.05, 4.69) is 30.7 Å². The maximum absolute atomic E-state index is 11.6. The largest absolute Gasteiger partial charge is 0.466 e. The van der Waals surface area contributed by atoms with E-state index in [1.54, 1.807) is 16.2 Å². The van der Waals surface area contributed by atoms with Gasteiger partial charge in [0.25, 0.3) is 0 Å². The van der Waals surface area contributed by atoms with Gasteiger partial charge in [-0.2, -0.15) is 0 Å². The number of ether oxygens (including phenoxy) is 1. The number of thiazole rings is 1. The van der Waals surface area contributed by atoms with E-state index in [0.29, 0.717) is 18.7 Å². The van der Waals surface area contributed by atoms with E-state index in [1.807, 2.05) is 5.38 Å². The molecule has 3 heterocycles. The summed E-state index contributed by atoms with van der Waals surface area (Å²) in [6, 6.07) is -0.0584. The standard InChI is InChI=1S/C18H25N3O5S/c1-18(2,3)14-7-10(5-6-21(14)17(23)24)15-19-12(9-27-15)11-8-13(26-20-11)16(22)25-4/h9-10,13-14H,5-8H2,1-4H3,(H,23,24). The highest BCUT2D eigenvalue weighted by atomic mass is 32.1. The summed E-state index contributed by atoms with van der Waals surface area (Å²) in [5.41, 5.74) is 1.21. The van der Waals surface area contributed by atoms with Crippen LogP contribution in [0.1, 0.15) is 56.7 Å². The van der Waals surface area contributed by atoms with E-state index in [1.165, 1.54) is 7.11 Å². The van der Waals surface area contributed by atoms with Crippen molar-refractivity contribution in [2.24, 2.45) is 10.6 Å². The van der Waals surface area contributed by atoms with E-state index in [-0.39, 0.29) is 17.4 Å². The normalized spacial score (nSPS) is 25.7. The van der Waals surface area contributed by atoms with Gasteiger partial charge in [0.2, 0.25) is 6.10 Å². The fraction of sp³-hybridized carbons (Fsp3) is 0.667. The van der Waals surface area contributed by atoms with Gasteiger partial charge >= 0.3 is 12.1 Å². The van der Waals surface area contributed by atoms with Crippen molar-refractivity contribution in [3.05, 3.63) is 16.1 Å². The third-order valence-electron chi connectivity index (χ3n) is 5.15. The maximum Gasteiger partial charge on any atom is 0.407 e. The van der Waals surface area contributed by atoms with E-state index >= 15 is 0 Å².